The Morgan fingerprint density at radius 1 is 0.607 bits per heavy atom. The third-order valence-electron chi connectivity index (χ3n) is 4.87. The number of carbonyl (C=O) groups is 2. The molecule has 0 atom stereocenters. The van der Waals surface area contributed by atoms with Crippen molar-refractivity contribution < 1.29 is 19.1 Å². The first-order valence-electron chi connectivity index (χ1n) is 11.6. The molecule has 5 nitrogen and oxygen atoms in total. The summed E-state index contributed by atoms with van der Waals surface area (Å²) in [6.07, 6.45) is 18.6. The van der Waals surface area contributed by atoms with E-state index >= 15 is 0 Å². The third kappa shape index (κ3) is 18.1. The van der Waals surface area contributed by atoms with E-state index in [-0.39, 0.29) is 12.5 Å². The lowest BCUT2D eigenvalue weighted by Gasteiger charge is -2.15. The zero-order chi connectivity index (χ0) is 20.9. The normalized spacial score (nSPS) is 10.7. The van der Waals surface area contributed by atoms with Crippen LogP contribution in [0.25, 0.3) is 0 Å². The Kier molecular flexibility index (Phi) is 19.6. The van der Waals surface area contributed by atoms with Gasteiger partial charge in [0, 0.05) is 7.05 Å². The summed E-state index contributed by atoms with van der Waals surface area (Å²) in [5, 5.41) is 0. The van der Waals surface area contributed by atoms with Gasteiger partial charge in [-0.2, -0.15) is 0 Å². The van der Waals surface area contributed by atoms with Gasteiger partial charge in [-0.25, -0.2) is 4.79 Å². The van der Waals surface area contributed by atoms with E-state index in [4.69, 9.17) is 9.47 Å². The molecule has 0 bridgehead atoms. The first-order chi connectivity index (χ1) is 13.6. The van der Waals surface area contributed by atoms with E-state index in [1.54, 1.807) is 7.05 Å². The number of amides is 1. The highest BCUT2D eigenvalue weighted by atomic mass is 16.6. The molecule has 0 aliphatic rings. The van der Waals surface area contributed by atoms with E-state index in [2.05, 4.69) is 6.92 Å². The van der Waals surface area contributed by atoms with Crippen LogP contribution in [-0.4, -0.2) is 43.8 Å². The van der Waals surface area contributed by atoms with E-state index in [9.17, 15) is 9.59 Å². The summed E-state index contributed by atoms with van der Waals surface area (Å²) in [7, 11) is 1.55. The van der Waals surface area contributed by atoms with Gasteiger partial charge >= 0.3 is 12.1 Å². The zero-order valence-corrected chi connectivity index (χ0v) is 18.8. The molecular weight excluding hydrogens is 354 g/mol. The van der Waals surface area contributed by atoms with E-state index in [0.29, 0.717) is 13.2 Å². The quantitative estimate of drug-likeness (QED) is 0.184. The molecule has 0 aromatic heterocycles. The van der Waals surface area contributed by atoms with Gasteiger partial charge in [0.15, 0.2) is 0 Å². The molecule has 0 aliphatic carbocycles. The predicted octanol–water partition coefficient (Wildman–Crippen LogP) is 6.49. The molecule has 28 heavy (non-hydrogen) atoms. The first-order valence-corrected chi connectivity index (χ1v) is 11.6. The van der Waals surface area contributed by atoms with Crippen LogP contribution in [0.15, 0.2) is 0 Å². The average molecular weight is 400 g/mol. The molecule has 0 aliphatic heterocycles. The van der Waals surface area contributed by atoms with Crippen LogP contribution in [0.5, 0.6) is 0 Å². The molecule has 0 unspecified atom stereocenters. The second kappa shape index (κ2) is 20.5. The highest BCUT2D eigenvalue weighted by Gasteiger charge is 2.14. The molecule has 0 aromatic rings. The summed E-state index contributed by atoms with van der Waals surface area (Å²) in [5.74, 6) is -0.370. The summed E-state index contributed by atoms with van der Waals surface area (Å²) in [5.41, 5.74) is 0. The fourth-order valence-corrected chi connectivity index (χ4v) is 3.09. The molecule has 1 amide bonds. The number of rotatable bonds is 19. The maximum atomic E-state index is 11.7. The van der Waals surface area contributed by atoms with Crippen molar-refractivity contribution in [3.63, 3.8) is 0 Å². The monoisotopic (exact) mass is 399 g/mol. The number of carbonyl (C=O) groups excluding carboxylic acids is 2. The fraction of sp³-hybridized carbons (Fsp3) is 0.913. The van der Waals surface area contributed by atoms with Gasteiger partial charge in [-0.1, -0.05) is 97.3 Å². The molecule has 0 fully saturated rings. The van der Waals surface area contributed by atoms with Crippen LogP contribution < -0.4 is 0 Å². The smallest absolute Gasteiger partial charge is 0.410 e. The van der Waals surface area contributed by atoms with Gasteiger partial charge in [0.2, 0.25) is 0 Å². The van der Waals surface area contributed by atoms with Gasteiger partial charge in [0.25, 0.3) is 0 Å². The molecule has 0 saturated carbocycles. The van der Waals surface area contributed by atoms with Crippen molar-refractivity contribution in [1.29, 1.82) is 0 Å². The number of ether oxygens (including phenoxy) is 2. The minimum absolute atomic E-state index is 0.0544. The summed E-state index contributed by atoms with van der Waals surface area (Å²) in [4.78, 5) is 24.5. The van der Waals surface area contributed by atoms with Gasteiger partial charge in [0.05, 0.1) is 13.2 Å². The van der Waals surface area contributed by atoms with Crippen molar-refractivity contribution in [1.82, 2.24) is 4.90 Å². The lowest BCUT2D eigenvalue weighted by Crippen LogP contribution is -2.33. The van der Waals surface area contributed by atoms with E-state index in [0.717, 1.165) is 19.3 Å². The number of hydrogen-bond acceptors (Lipinski definition) is 4. The van der Waals surface area contributed by atoms with Gasteiger partial charge in [0.1, 0.15) is 6.54 Å². The highest BCUT2D eigenvalue weighted by molar-refractivity contribution is 5.77. The Hall–Kier alpha value is -1.26. The molecule has 0 aromatic carbocycles. The maximum Gasteiger partial charge on any atom is 0.410 e. The summed E-state index contributed by atoms with van der Waals surface area (Å²) in [6.45, 7) is 4.95. The number of esters is 1. The van der Waals surface area contributed by atoms with Crippen LogP contribution in [0.3, 0.4) is 0 Å². The van der Waals surface area contributed by atoms with Crippen LogP contribution in [-0.2, 0) is 14.3 Å². The van der Waals surface area contributed by atoms with Crippen LogP contribution in [0, 0.1) is 0 Å². The Balaban J connectivity index is 3.32. The van der Waals surface area contributed by atoms with Crippen LogP contribution in [0.4, 0.5) is 4.79 Å². The van der Waals surface area contributed by atoms with Gasteiger partial charge < -0.3 is 14.4 Å². The minimum atomic E-state index is -0.477. The maximum absolute atomic E-state index is 11.7. The number of unbranched alkanes of at least 4 members (excludes halogenated alkanes) is 13. The molecule has 166 valence electrons. The first kappa shape index (κ1) is 26.7. The SMILES string of the molecule is CCCCCCCCCCCCCCCCOC(=O)CN(C)C(=O)OCCC. The molecular formula is C23H45NO4. The Bertz CT molecular complexity index is 374. The highest BCUT2D eigenvalue weighted by Crippen LogP contribution is 2.12. The van der Waals surface area contributed by atoms with E-state index in [1.807, 2.05) is 6.92 Å². The third-order valence-corrected chi connectivity index (χ3v) is 4.87. The molecule has 0 spiro atoms. The van der Waals surface area contributed by atoms with Crippen molar-refractivity contribution in [3.05, 3.63) is 0 Å². The molecule has 0 N–H and O–H groups in total. The summed E-state index contributed by atoms with van der Waals surface area (Å²) >= 11 is 0. The Morgan fingerprint density at radius 2 is 1.07 bits per heavy atom. The second-order valence-electron chi connectivity index (χ2n) is 7.79. The van der Waals surface area contributed by atoms with E-state index in [1.165, 1.54) is 81.9 Å². The van der Waals surface area contributed by atoms with Crippen molar-refractivity contribution in [2.45, 2.75) is 110 Å². The average Bonchev–Trinajstić information content (AvgIpc) is 2.68. The molecule has 0 heterocycles. The predicted molar refractivity (Wildman–Crippen MR) is 116 cm³/mol. The Morgan fingerprint density at radius 3 is 1.54 bits per heavy atom. The van der Waals surface area contributed by atoms with Crippen molar-refractivity contribution in [3.8, 4) is 0 Å². The van der Waals surface area contributed by atoms with E-state index < -0.39 is 6.09 Å². The minimum Gasteiger partial charge on any atom is -0.464 e. The standard InChI is InChI=1S/C23H45NO4/c1-4-6-7-8-9-10-11-12-13-14-15-16-17-18-20-27-22(25)21-24(3)23(26)28-19-5-2/h4-21H2,1-3H3. The van der Waals surface area contributed by atoms with Crippen LogP contribution in [0.1, 0.15) is 110 Å². The topological polar surface area (TPSA) is 55.8 Å². The largest absolute Gasteiger partial charge is 0.464 e. The second-order valence-corrected chi connectivity index (χ2v) is 7.79. The van der Waals surface area contributed by atoms with Crippen molar-refractivity contribution in [2.24, 2.45) is 0 Å². The van der Waals surface area contributed by atoms with Crippen molar-refractivity contribution in [2.75, 3.05) is 26.8 Å². The Labute approximate surface area is 173 Å². The summed E-state index contributed by atoms with van der Waals surface area (Å²) < 4.78 is 10.2. The van der Waals surface area contributed by atoms with Gasteiger partial charge in [-0.05, 0) is 12.8 Å². The fourth-order valence-electron chi connectivity index (χ4n) is 3.09. The number of hydrogen-bond donors (Lipinski definition) is 0. The summed E-state index contributed by atoms with van der Waals surface area (Å²) in [6, 6.07) is 0. The molecule has 5 heteroatoms. The van der Waals surface area contributed by atoms with Crippen LogP contribution >= 0.6 is 0 Å². The number of likely N-dealkylation sites (N-methyl/N-ethyl adjacent to an activating group) is 1. The van der Waals surface area contributed by atoms with Crippen LogP contribution in [0.2, 0.25) is 0 Å². The molecule has 0 rings (SSSR count). The molecule has 0 saturated heterocycles. The lowest BCUT2D eigenvalue weighted by atomic mass is 10.0. The number of nitrogens with zero attached hydrogens (tertiary/aromatic N) is 1. The lowest BCUT2D eigenvalue weighted by molar-refractivity contribution is -0.144. The van der Waals surface area contributed by atoms with Crippen molar-refractivity contribution >= 4 is 12.1 Å². The van der Waals surface area contributed by atoms with Gasteiger partial charge in [-0.15, -0.1) is 0 Å². The van der Waals surface area contributed by atoms with Gasteiger partial charge in [-0.3, -0.25) is 4.79 Å². The molecule has 0 radical (unpaired) electrons. The zero-order valence-electron chi connectivity index (χ0n) is 18.8.